The molecule has 2 saturated heterocycles. The molecule has 2 fully saturated rings. The average molecular weight is 467 g/mol. The van der Waals surface area contributed by atoms with Gasteiger partial charge in [-0.15, -0.1) is 11.8 Å². The first-order chi connectivity index (χ1) is 16.1. The van der Waals surface area contributed by atoms with Gasteiger partial charge in [-0.05, 0) is 49.7 Å². The third-order valence-corrected chi connectivity index (χ3v) is 7.70. The molecule has 2 aromatic carbocycles. The van der Waals surface area contributed by atoms with Gasteiger partial charge in [0.15, 0.2) is 0 Å². The van der Waals surface area contributed by atoms with Crippen LogP contribution in [-0.4, -0.2) is 85.1 Å². The SMILES string of the molecule is CN1CCN(CCCNC(=O)c2ccc([C@H]3SCC(=O)N3CCc3ccccc3)cc2)CC1. The number of carbonyl (C=O) groups is 2. The van der Waals surface area contributed by atoms with Crippen LogP contribution in [0.1, 0.15) is 33.3 Å². The van der Waals surface area contributed by atoms with Crippen LogP contribution in [0.15, 0.2) is 54.6 Å². The van der Waals surface area contributed by atoms with Crippen LogP contribution in [0.3, 0.4) is 0 Å². The minimum Gasteiger partial charge on any atom is -0.352 e. The van der Waals surface area contributed by atoms with Gasteiger partial charge < -0.3 is 20.0 Å². The van der Waals surface area contributed by atoms with E-state index < -0.39 is 0 Å². The number of carbonyl (C=O) groups excluding carboxylic acids is 2. The molecule has 176 valence electrons. The van der Waals surface area contributed by atoms with Crippen molar-refractivity contribution in [3.63, 3.8) is 0 Å². The van der Waals surface area contributed by atoms with Crippen molar-refractivity contribution in [1.29, 1.82) is 0 Å². The van der Waals surface area contributed by atoms with Gasteiger partial charge >= 0.3 is 0 Å². The number of hydrogen-bond acceptors (Lipinski definition) is 5. The van der Waals surface area contributed by atoms with Crippen molar-refractivity contribution < 1.29 is 9.59 Å². The van der Waals surface area contributed by atoms with Crippen LogP contribution in [0.25, 0.3) is 0 Å². The minimum atomic E-state index is -0.0315. The molecule has 6 nitrogen and oxygen atoms in total. The summed E-state index contributed by atoms with van der Waals surface area (Å²) in [4.78, 5) is 31.8. The number of thioether (sulfide) groups is 1. The number of nitrogens with zero attached hydrogens (tertiary/aromatic N) is 3. The van der Waals surface area contributed by atoms with E-state index in [1.807, 2.05) is 47.4 Å². The maximum atomic E-state index is 12.5. The Labute approximate surface area is 201 Å². The van der Waals surface area contributed by atoms with Gasteiger partial charge in [0.2, 0.25) is 5.91 Å². The predicted molar refractivity (Wildman–Crippen MR) is 134 cm³/mol. The van der Waals surface area contributed by atoms with Gasteiger partial charge in [-0.25, -0.2) is 0 Å². The molecule has 2 amide bonds. The Balaban J connectivity index is 1.25. The number of hydrogen-bond donors (Lipinski definition) is 1. The maximum absolute atomic E-state index is 12.5. The van der Waals surface area contributed by atoms with Crippen LogP contribution < -0.4 is 5.32 Å². The molecular weight excluding hydrogens is 432 g/mol. The lowest BCUT2D eigenvalue weighted by atomic mass is 10.1. The number of likely N-dealkylation sites (N-methyl/N-ethyl adjacent to an activating group) is 1. The topological polar surface area (TPSA) is 55.9 Å². The first-order valence-electron chi connectivity index (χ1n) is 11.8. The van der Waals surface area contributed by atoms with Crippen LogP contribution in [0.4, 0.5) is 0 Å². The Bertz CT molecular complexity index is 914. The minimum absolute atomic E-state index is 0.0157. The van der Waals surface area contributed by atoms with Crippen molar-refractivity contribution >= 4 is 23.6 Å². The van der Waals surface area contributed by atoms with E-state index in [0.717, 1.165) is 51.1 Å². The van der Waals surface area contributed by atoms with E-state index in [1.165, 1.54) is 5.56 Å². The van der Waals surface area contributed by atoms with Gasteiger partial charge in [0.05, 0.1) is 5.75 Å². The van der Waals surface area contributed by atoms with Gasteiger partial charge in [0.1, 0.15) is 5.37 Å². The first kappa shape index (κ1) is 23.8. The molecule has 1 atom stereocenters. The number of nitrogens with one attached hydrogen (secondary N) is 1. The Kier molecular flexibility index (Phi) is 8.42. The molecule has 2 aliphatic heterocycles. The zero-order chi connectivity index (χ0) is 23.0. The molecule has 0 saturated carbocycles. The first-order valence-corrected chi connectivity index (χ1v) is 12.9. The van der Waals surface area contributed by atoms with Crippen molar-refractivity contribution in [2.45, 2.75) is 18.2 Å². The Morgan fingerprint density at radius 2 is 1.73 bits per heavy atom. The van der Waals surface area contributed by atoms with E-state index in [2.05, 4.69) is 34.3 Å². The summed E-state index contributed by atoms with van der Waals surface area (Å²) in [5.74, 6) is 0.661. The van der Waals surface area contributed by atoms with Crippen LogP contribution in [0.2, 0.25) is 0 Å². The zero-order valence-electron chi connectivity index (χ0n) is 19.4. The number of benzene rings is 2. The summed E-state index contributed by atoms with van der Waals surface area (Å²) in [6.07, 6.45) is 1.81. The molecule has 4 rings (SSSR count). The second kappa shape index (κ2) is 11.7. The molecular formula is C26H34N4O2S. The molecule has 33 heavy (non-hydrogen) atoms. The van der Waals surface area contributed by atoms with E-state index in [1.54, 1.807) is 11.8 Å². The molecule has 0 radical (unpaired) electrons. The Morgan fingerprint density at radius 3 is 2.45 bits per heavy atom. The second-order valence-corrected chi connectivity index (χ2v) is 9.93. The monoisotopic (exact) mass is 466 g/mol. The second-order valence-electron chi connectivity index (χ2n) is 8.86. The van der Waals surface area contributed by atoms with E-state index in [9.17, 15) is 9.59 Å². The summed E-state index contributed by atoms with van der Waals surface area (Å²) in [7, 11) is 2.16. The van der Waals surface area contributed by atoms with Crippen LogP contribution in [0, 0.1) is 0 Å². The van der Waals surface area contributed by atoms with Gasteiger partial charge in [-0.1, -0.05) is 42.5 Å². The molecule has 1 N–H and O–H groups in total. The molecule has 0 aliphatic carbocycles. The number of rotatable bonds is 9. The van der Waals surface area contributed by atoms with Gasteiger partial charge in [0, 0.05) is 44.8 Å². The average Bonchev–Trinajstić information content (AvgIpc) is 3.22. The highest BCUT2D eigenvalue weighted by Crippen LogP contribution is 2.38. The summed E-state index contributed by atoms with van der Waals surface area (Å²) in [6, 6.07) is 18.0. The highest BCUT2D eigenvalue weighted by atomic mass is 32.2. The van der Waals surface area contributed by atoms with E-state index in [4.69, 9.17) is 0 Å². The van der Waals surface area contributed by atoms with Crippen LogP contribution >= 0.6 is 11.8 Å². The van der Waals surface area contributed by atoms with Gasteiger partial charge in [-0.2, -0.15) is 0 Å². The molecule has 2 aromatic rings. The molecule has 2 aliphatic rings. The summed E-state index contributed by atoms with van der Waals surface area (Å²) >= 11 is 1.66. The lowest BCUT2D eigenvalue weighted by Crippen LogP contribution is -2.45. The Hall–Kier alpha value is -2.35. The Morgan fingerprint density at radius 1 is 1.00 bits per heavy atom. The van der Waals surface area contributed by atoms with Crippen molar-refractivity contribution in [1.82, 2.24) is 20.0 Å². The molecule has 0 bridgehead atoms. The molecule has 0 spiro atoms. The van der Waals surface area contributed by atoms with Gasteiger partial charge in [-0.3, -0.25) is 9.59 Å². The lowest BCUT2D eigenvalue weighted by molar-refractivity contribution is -0.128. The fourth-order valence-corrected chi connectivity index (χ4v) is 5.56. The van der Waals surface area contributed by atoms with Crippen LogP contribution in [0.5, 0.6) is 0 Å². The van der Waals surface area contributed by atoms with Crippen molar-refractivity contribution in [2.24, 2.45) is 0 Å². The highest BCUT2D eigenvalue weighted by molar-refractivity contribution is 8.00. The summed E-state index contributed by atoms with van der Waals surface area (Å²) in [6.45, 7) is 6.87. The van der Waals surface area contributed by atoms with E-state index >= 15 is 0 Å². The number of amides is 2. The lowest BCUT2D eigenvalue weighted by Gasteiger charge is -2.32. The fourth-order valence-electron chi connectivity index (χ4n) is 4.34. The van der Waals surface area contributed by atoms with Crippen LogP contribution in [-0.2, 0) is 11.2 Å². The van der Waals surface area contributed by atoms with Crippen molar-refractivity contribution in [3.05, 3.63) is 71.3 Å². The quantitative estimate of drug-likeness (QED) is 0.576. The third-order valence-electron chi connectivity index (χ3n) is 6.44. The molecule has 7 heteroatoms. The third kappa shape index (κ3) is 6.59. The molecule has 0 unspecified atom stereocenters. The smallest absolute Gasteiger partial charge is 0.251 e. The van der Waals surface area contributed by atoms with E-state index in [-0.39, 0.29) is 17.2 Å². The summed E-state index contributed by atoms with van der Waals surface area (Å²) < 4.78 is 0. The fraction of sp³-hybridized carbons (Fsp3) is 0.462. The standard InChI is InChI=1S/C26H34N4O2S/c1-28-16-18-29(19-17-28)14-5-13-27-25(32)22-8-10-23(11-9-22)26-30(24(31)20-33-26)15-12-21-6-3-2-4-7-21/h2-4,6-11,26H,5,12-20H2,1H3,(H,27,32)/t26-/m1/s1. The summed E-state index contributed by atoms with van der Waals surface area (Å²) in [5, 5.41) is 3.06. The molecule has 2 heterocycles. The van der Waals surface area contributed by atoms with Crippen molar-refractivity contribution in [2.75, 3.05) is 58.6 Å². The predicted octanol–water partition coefficient (Wildman–Crippen LogP) is 2.87. The van der Waals surface area contributed by atoms with Crippen molar-refractivity contribution in [3.8, 4) is 0 Å². The maximum Gasteiger partial charge on any atom is 0.251 e. The summed E-state index contributed by atoms with van der Waals surface area (Å²) in [5.41, 5.74) is 2.98. The zero-order valence-corrected chi connectivity index (χ0v) is 20.2. The largest absolute Gasteiger partial charge is 0.352 e. The van der Waals surface area contributed by atoms with Gasteiger partial charge in [0.25, 0.3) is 5.91 Å². The van der Waals surface area contributed by atoms with E-state index in [0.29, 0.717) is 24.4 Å². The normalized spacial score (nSPS) is 19.7. The molecule has 0 aromatic heterocycles. The highest BCUT2D eigenvalue weighted by Gasteiger charge is 2.32. The number of piperazine rings is 1.